The third-order valence-electron chi connectivity index (χ3n) is 6.02. The van der Waals surface area contributed by atoms with Gasteiger partial charge in [-0.2, -0.15) is 10.4 Å². The van der Waals surface area contributed by atoms with Crippen LogP contribution in [-0.2, 0) is 19.9 Å². The number of hydrogen-bond acceptors (Lipinski definition) is 9. The van der Waals surface area contributed by atoms with Gasteiger partial charge in [-0.1, -0.05) is 19.3 Å². The van der Waals surface area contributed by atoms with E-state index in [4.69, 9.17) is 15.2 Å². The van der Waals surface area contributed by atoms with Crippen LogP contribution in [0.5, 0.6) is 0 Å². The summed E-state index contributed by atoms with van der Waals surface area (Å²) in [7, 11) is 0. The first-order valence-corrected chi connectivity index (χ1v) is 9.57. The molecule has 4 rings (SSSR count). The number of esters is 1. The van der Waals surface area contributed by atoms with Gasteiger partial charge in [0.25, 0.3) is 0 Å². The van der Waals surface area contributed by atoms with E-state index in [1.807, 2.05) is 13.0 Å². The van der Waals surface area contributed by atoms with Crippen LogP contribution in [0.2, 0.25) is 0 Å². The molecule has 2 fully saturated rings. The van der Waals surface area contributed by atoms with E-state index < -0.39 is 35.5 Å². The zero-order valence-electron chi connectivity index (χ0n) is 16.4. The number of nitriles is 1. The van der Waals surface area contributed by atoms with Crippen LogP contribution in [0.3, 0.4) is 0 Å². The molecule has 10 nitrogen and oxygen atoms in total. The SMILES string of the molecule is Br.CC1(C(=O)O[C@H]2O[C@@](C#N)(c3ccc4c(N)ncnn34)[C@H](O)[C@@H]2O)CCCCC1. The number of ether oxygens (including phenoxy) is 2. The Morgan fingerprint density at radius 2 is 2.07 bits per heavy atom. The highest BCUT2D eigenvalue weighted by Crippen LogP contribution is 2.43. The highest BCUT2D eigenvalue weighted by atomic mass is 79.9. The monoisotopic (exact) mass is 481 g/mol. The van der Waals surface area contributed by atoms with Crippen LogP contribution in [0.15, 0.2) is 18.5 Å². The second-order valence-corrected chi connectivity index (χ2v) is 7.96. The topological polar surface area (TPSA) is 156 Å². The lowest BCUT2D eigenvalue weighted by Gasteiger charge is -2.32. The zero-order valence-corrected chi connectivity index (χ0v) is 18.1. The van der Waals surface area contributed by atoms with Gasteiger partial charge in [-0.05, 0) is 31.9 Å². The first kappa shape index (κ1) is 22.4. The molecule has 1 saturated carbocycles. The normalized spacial score (nSPS) is 30.4. The van der Waals surface area contributed by atoms with Gasteiger partial charge in [-0.25, -0.2) is 9.50 Å². The van der Waals surface area contributed by atoms with E-state index in [0.29, 0.717) is 18.4 Å². The van der Waals surface area contributed by atoms with Crippen molar-refractivity contribution in [3.63, 3.8) is 0 Å². The summed E-state index contributed by atoms with van der Waals surface area (Å²) in [5.74, 6) is -0.325. The van der Waals surface area contributed by atoms with Gasteiger partial charge >= 0.3 is 5.97 Å². The van der Waals surface area contributed by atoms with Gasteiger partial charge in [0.2, 0.25) is 11.9 Å². The lowest BCUT2D eigenvalue weighted by molar-refractivity contribution is -0.206. The van der Waals surface area contributed by atoms with E-state index in [0.717, 1.165) is 19.3 Å². The Morgan fingerprint density at radius 1 is 1.37 bits per heavy atom. The van der Waals surface area contributed by atoms with Crippen molar-refractivity contribution in [3.05, 3.63) is 24.2 Å². The molecule has 2 aromatic heterocycles. The average molecular weight is 482 g/mol. The molecular weight excluding hydrogens is 458 g/mol. The van der Waals surface area contributed by atoms with Crippen molar-refractivity contribution in [2.75, 3.05) is 5.73 Å². The second kappa shape index (κ2) is 8.11. The maximum Gasteiger partial charge on any atom is 0.314 e. The molecule has 2 aromatic rings. The van der Waals surface area contributed by atoms with Gasteiger partial charge in [0.05, 0.1) is 11.1 Å². The van der Waals surface area contributed by atoms with E-state index in [1.54, 1.807) is 6.07 Å². The largest absolute Gasteiger partial charge is 0.432 e. The van der Waals surface area contributed by atoms with Gasteiger partial charge in [-0.15, -0.1) is 17.0 Å². The molecule has 2 aliphatic rings. The number of nitrogen functional groups attached to an aromatic ring is 1. The number of fused-ring (bicyclic) bond motifs is 1. The second-order valence-electron chi connectivity index (χ2n) is 7.96. The van der Waals surface area contributed by atoms with E-state index >= 15 is 0 Å². The highest BCUT2D eigenvalue weighted by Gasteiger charge is 2.59. The van der Waals surface area contributed by atoms with Crippen molar-refractivity contribution in [2.45, 2.75) is 63.1 Å². The molecule has 1 aliphatic heterocycles. The maximum atomic E-state index is 12.8. The predicted molar refractivity (Wildman–Crippen MR) is 109 cm³/mol. The van der Waals surface area contributed by atoms with Crippen LogP contribution in [0, 0.1) is 16.7 Å². The minimum atomic E-state index is -1.99. The number of carbonyl (C=O) groups is 1. The summed E-state index contributed by atoms with van der Waals surface area (Å²) < 4.78 is 12.4. The third-order valence-corrected chi connectivity index (χ3v) is 6.02. The lowest BCUT2D eigenvalue weighted by atomic mass is 9.76. The smallest absolute Gasteiger partial charge is 0.314 e. The number of nitrogens with two attached hydrogens (primary N) is 1. The van der Waals surface area contributed by atoms with Crippen molar-refractivity contribution in [3.8, 4) is 6.07 Å². The Labute approximate surface area is 183 Å². The number of anilines is 1. The number of rotatable bonds is 3. The number of aliphatic hydroxyl groups is 2. The zero-order chi connectivity index (χ0) is 20.8. The van der Waals surface area contributed by atoms with E-state index in [1.165, 1.54) is 16.9 Å². The Kier molecular flexibility index (Phi) is 6.06. The Bertz CT molecular complexity index is 985. The number of hydrogen-bond donors (Lipinski definition) is 3. The van der Waals surface area contributed by atoms with Crippen molar-refractivity contribution in [1.82, 2.24) is 14.6 Å². The van der Waals surface area contributed by atoms with E-state index in [2.05, 4.69) is 10.1 Å². The molecule has 0 amide bonds. The number of carbonyl (C=O) groups excluding carboxylic acids is 1. The fourth-order valence-electron chi connectivity index (χ4n) is 4.19. The molecule has 30 heavy (non-hydrogen) atoms. The minimum absolute atomic E-state index is 0. The molecule has 11 heteroatoms. The van der Waals surface area contributed by atoms with Gasteiger partial charge in [0.1, 0.15) is 30.1 Å². The number of aromatic nitrogens is 3. The number of nitrogens with zero attached hydrogens (tertiary/aromatic N) is 4. The Balaban J connectivity index is 0.00000256. The Hall–Kier alpha value is -2.26. The molecule has 4 N–H and O–H groups in total. The van der Waals surface area contributed by atoms with Crippen molar-refractivity contribution < 1.29 is 24.5 Å². The fourth-order valence-corrected chi connectivity index (χ4v) is 4.19. The summed E-state index contributed by atoms with van der Waals surface area (Å²) in [6, 6.07) is 5.00. The van der Waals surface area contributed by atoms with Gasteiger partial charge in [-0.3, -0.25) is 4.79 Å². The van der Waals surface area contributed by atoms with Crippen molar-refractivity contribution >= 4 is 34.3 Å². The summed E-state index contributed by atoms with van der Waals surface area (Å²) in [4.78, 5) is 16.6. The maximum absolute atomic E-state index is 12.8. The summed E-state index contributed by atoms with van der Waals surface area (Å²) in [6.45, 7) is 1.82. The van der Waals surface area contributed by atoms with Gasteiger partial charge in [0.15, 0.2) is 5.82 Å². The summed E-state index contributed by atoms with van der Waals surface area (Å²) in [6.07, 6.45) is 0.711. The molecule has 3 heterocycles. The first-order valence-electron chi connectivity index (χ1n) is 9.57. The van der Waals surface area contributed by atoms with Gasteiger partial charge in [0, 0.05) is 0 Å². The summed E-state index contributed by atoms with van der Waals surface area (Å²) >= 11 is 0. The van der Waals surface area contributed by atoms with Crippen molar-refractivity contribution in [1.29, 1.82) is 5.26 Å². The molecular formula is C19H24BrN5O5. The van der Waals surface area contributed by atoms with Crippen molar-refractivity contribution in [2.24, 2.45) is 5.41 Å². The van der Waals surface area contributed by atoms with E-state index in [9.17, 15) is 20.3 Å². The number of halogens is 1. The lowest BCUT2D eigenvalue weighted by Crippen LogP contribution is -2.41. The van der Waals surface area contributed by atoms with Crippen LogP contribution >= 0.6 is 17.0 Å². The standard InChI is InChI=1S/C19H23N5O5.BrH/c1-18(7-3-2-4-8-18)17(27)28-16-13(25)14(26)19(9-20,29-16)12-6-5-11-15(21)22-10-23-24(11)12;/h5-6,10,13-14,16,25-26H,2-4,7-8H2,1H3,(H2,21,22,23);1H/t13-,14+,16-,19-;/m0./s1. The quantitative estimate of drug-likeness (QED) is 0.547. The molecule has 0 bridgehead atoms. The Morgan fingerprint density at radius 3 is 2.73 bits per heavy atom. The third kappa shape index (κ3) is 3.33. The molecule has 1 saturated heterocycles. The average Bonchev–Trinajstić information content (AvgIpc) is 3.25. The molecule has 0 radical (unpaired) electrons. The fraction of sp³-hybridized carbons (Fsp3) is 0.579. The van der Waals surface area contributed by atoms with E-state index in [-0.39, 0.29) is 28.5 Å². The summed E-state index contributed by atoms with van der Waals surface area (Å²) in [5, 5.41) is 35.1. The minimum Gasteiger partial charge on any atom is -0.432 e. The van der Waals surface area contributed by atoms with Crippen LogP contribution in [0.25, 0.3) is 5.52 Å². The van der Waals surface area contributed by atoms with Crippen LogP contribution in [0.4, 0.5) is 5.82 Å². The highest BCUT2D eigenvalue weighted by molar-refractivity contribution is 8.93. The molecule has 0 aromatic carbocycles. The predicted octanol–water partition coefficient (Wildman–Crippen LogP) is 1.20. The van der Waals surface area contributed by atoms with Gasteiger partial charge < -0.3 is 25.4 Å². The summed E-state index contributed by atoms with van der Waals surface area (Å²) in [5.41, 5.74) is 3.73. The van der Waals surface area contributed by atoms with Crippen LogP contribution < -0.4 is 5.73 Å². The molecule has 0 unspecified atom stereocenters. The molecule has 4 atom stereocenters. The molecule has 0 spiro atoms. The van der Waals surface area contributed by atoms with Crippen LogP contribution in [0.1, 0.15) is 44.7 Å². The van der Waals surface area contributed by atoms with Crippen LogP contribution in [-0.4, -0.2) is 49.3 Å². The number of aliphatic hydroxyl groups excluding tert-OH is 2. The molecule has 162 valence electrons. The first-order chi connectivity index (χ1) is 13.8. The molecule has 1 aliphatic carbocycles.